The molecule has 1 aliphatic heterocycles. The number of rotatable bonds is 2. The van der Waals surface area contributed by atoms with Crippen LogP contribution in [0.5, 0.6) is 0 Å². The zero-order valence-electron chi connectivity index (χ0n) is 11.6. The maximum Gasteiger partial charge on any atom is 0.139 e. The molecule has 0 aromatic carbocycles. The lowest BCUT2D eigenvalue weighted by Crippen LogP contribution is -2.26. The maximum atomic E-state index is 7.82. The molecule has 1 aromatic rings. The summed E-state index contributed by atoms with van der Waals surface area (Å²) in [6.07, 6.45) is 5.82. The Labute approximate surface area is 114 Å². The molecular weight excluding hydrogens is 236 g/mol. The van der Waals surface area contributed by atoms with Crippen LogP contribution >= 0.6 is 0 Å². The van der Waals surface area contributed by atoms with Crippen LogP contribution in [-0.2, 0) is 12.8 Å². The molecular formula is C15H22N4. The first-order chi connectivity index (χ1) is 9.15. The van der Waals surface area contributed by atoms with E-state index in [0.29, 0.717) is 5.92 Å². The summed E-state index contributed by atoms with van der Waals surface area (Å²) in [5.41, 5.74) is 9.12. The van der Waals surface area contributed by atoms with Crippen molar-refractivity contribution in [1.82, 2.24) is 4.98 Å². The lowest BCUT2D eigenvalue weighted by Gasteiger charge is -2.24. The van der Waals surface area contributed by atoms with Crippen molar-refractivity contribution in [3.63, 3.8) is 0 Å². The number of nitrogens with zero attached hydrogens (tertiary/aromatic N) is 2. The van der Waals surface area contributed by atoms with Gasteiger partial charge in [-0.05, 0) is 49.7 Å². The van der Waals surface area contributed by atoms with Gasteiger partial charge in [-0.3, -0.25) is 5.41 Å². The number of anilines is 1. The average molecular weight is 258 g/mol. The standard InChI is InChI=1S/C15H22N4/c1-10-6-7-19(9-10)15-12(14(16)17)8-11-4-2-3-5-13(11)18-15/h8,10H,2-7,9H2,1H3,(H3,16,17). The largest absolute Gasteiger partial charge is 0.384 e. The van der Waals surface area contributed by atoms with Gasteiger partial charge in [-0.1, -0.05) is 6.92 Å². The third-order valence-corrected chi connectivity index (χ3v) is 4.29. The molecule has 4 nitrogen and oxygen atoms in total. The van der Waals surface area contributed by atoms with Crippen molar-refractivity contribution in [3.05, 3.63) is 22.9 Å². The van der Waals surface area contributed by atoms with E-state index in [2.05, 4.69) is 17.9 Å². The quantitative estimate of drug-likeness (QED) is 0.630. The van der Waals surface area contributed by atoms with Crippen LogP contribution < -0.4 is 10.6 Å². The van der Waals surface area contributed by atoms with E-state index in [4.69, 9.17) is 16.1 Å². The zero-order chi connectivity index (χ0) is 13.4. The number of pyridine rings is 1. The van der Waals surface area contributed by atoms with Crippen LogP contribution in [0.1, 0.15) is 43.0 Å². The minimum Gasteiger partial charge on any atom is -0.384 e. The number of fused-ring (bicyclic) bond motifs is 1. The molecule has 3 rings (SSSR count). The molecule has 0 radical (unpaired) electrons. The van der Waals surface area contributed by atoms with E-state index in [1.165, 1.54) is 30.5 Å². The number of aromatic nitrogens is 1. The van der Waals surface area contributed by atoms with E-state index in [9.17, 15) is 0 Å². The average Bonchev–Trinajstić information content (AvgIpc) is 2.83. The van der Waals surface area contributed by atoms with Crippen LogP contribution in [0.15, 0.2) is 6.07 Å². The second-order valence-corrected chi connectivity index (χ2v) is 5.93. The number of nitrogens with two attached hydrogens (primary N) is 1. The molecule has 1 atom stereocenters. The highest BCUT2D eigenvalue weighted by molar-refractivity contribution is 6.00. The van der Waals surface area contributed by atoms with E-state index in [1.54, 1.807) is 0 Å². The van der Waals surface area contributed by atoms with Crippen LogP contribution in [-0.4, -0.2) is 23.9 Å². The molecule has 1 aliphatic carbocycles. The van der Waals surface area contributed by atoms with Gasteiger partial charge in [0.05, 0.1) is 5.56 Å². The Morgan fingerprint density at radius 2 is 2.21 bits per heavy atom. The Bertz CT molecular complexity index is 509. The number of hydrogen-bond donors (Lipinski definition) is 2. The summed E-state index contributed by atoms with van der Waals surface area (Å²) >= 11 is 0. The molecule has 4 heteroatoms. The highest BCUT2D eigenvalue weighted by atomic mass is 15.2. The summed E-state index contributed by atoms with van der Waals surface area (Å²) in [5.74, 6) is 1.80. The van der Waals surface area contributed by atoms with Gasteiger partial charge in [0.25, 0.3) is 0 Å². The predicted octanol–water partition coefficient (Wildman–Crippen LogP) is 2.09. The molecule has 0 saturated carbocycles. The fourth-order valence-corrected chi connectivity index (χ4v) is 3.19. The van der Waals surface area contributed by atoms with Gasteiger partial charge in [0.15, 0.2) is 0 Å². The highest BCUT2D eigenvalue weighted by Gasteiger charge is 2.25. The van der Waals surface area contributed by atoms with Gasteiger partial charge in [-0.15, -0.1) is 0 Å². The van der Waals surface area contributed by atoms with Crippen LogP contribution in [0, 0.1) is 11.3 Å². The van der Waals surface area contributed by atoms with E-state index in [-0.39, 0.29) is 5.84 Å². The molecule has 1 saturated heterocycles. The molecule has 2 aliphatic rings. The van der Waals surface area contributed by atoms with E-state index < -0.39 is 0 Å². The first-order valence-electron chi connectivity index (χ1n) is 7.27. The number of nitrogens with one attached hydrogen (secondary N) is 1. The molecule has 1 fully saturated rings. The van der Waals surface area contributed by atoms with Crippen molar-refractivity contribution in [2.24, 2.45) is 11.7 Å². The van der Waals surface area contributed by atoms with Crippen molar-refractivity contribution in [1.29, 1.82) is 5.41 Å². The molecule has 2 heterocycles. The van der Waals surface area contributed by atoms with Gasteiger partial charge in [0, 0.05) is 18.8 Å². The fourth-order valence-electron chi connectivity index (χ4n) is 3.19. The Morgan fingerprint density at radius 1 is 1.42 bits per heavy atom. The van der Waals surface area contributed by atoms with Gasteiger partial charge in [-0.25, -0.2) is 4.98 Å². The number of aryl methyl sites for hydroxylation is 2. The third-order valence-electron chi connectivity index (χ3n) is 4.29. The van der Waals surface area contributed by atoms with E-state index >= 15 is 0 Å². The van der Waals surface area contributed by atoms with Crippen LogP contribution in [0.3, 0.4) is 0 Å². The van der Waals surface area contributed by atoms with Crippen LogP contribution in [0.25, 0.3) is 0 Å². The van der Waals surface area contributed by atoms with Gasteiger partial charge in [-0.2, -0.15) is 0 Å². The first-order valence-corrected chi connectivity index (χ1v) is 7.27. The molecule has 102 valence electrons. The Morgan fingerprint density at radius 3 is 2.89 bits per heavy atom. The predicted molar refractivity (Wildman–Crippen MR) is 77.9 cm³/mol. The lowest BCUT2D eigenvalue weighted by molar-refractivity contribution is 0.655. The van der Waals surface area contributed by atoms with Gasteiger partial charge < -0.3 is 10.6 Å². The fraction of sp³-hybridized carbons (Fsp3) is 0.600. The summed E-state index contributed by atoms with van der Waals surface area (Å²) in [4.78, 5) is 7.16. The Hall–Kier alpha value is -1.58. The lowest BCUT2D eigenvalue weighted by atomic mass is 9.94. The van der Waals surface area contributed by atoms with Crippen molar-refractivity contribution >= 4 is 11.7 Å². The summed E-state index contributed by atoms with van der Waals surface area (Å²) in [5, 5.41) is 7.82. The number of hydrogen-bond acceptors (Lipinski definition) is 3. The van der Waals surface area contributed by atoms with Crippen molar-refractivity contribution < 1.29 is 0 Å². The topological polar surface area (TPSA) is 66.0 Å². The summed E-state index contributed by atoms with van der Waals surface area (Å²) in [7, 11) is 0. The number of nitrogen functional groups attached to an aromatic ring is 1. The van der Waals surface area contributed by atoms with Gasteiger partial charge in [0.2, 0.25) is 0 Å². The zero-order valence-corrected chi connectivity index (χ0v) is 11.6. The minimum absolute atomic E-state index is 0.149. The summed E-state index contributed by atoms with van der Waals surface area (Å²) in [6, 6.07) is 2.11. The van der Waals surface area contributed by atoms with E-state index in [0.717, 1.165) is 37.3 Å². The molecule has 3 N–H and O–H groups in total. The van der Waals surface area contributed by atoms with Crippen molar-refractivity contribution in [3.8, 4) is 0 Å². The monoisotopic (exact) mass is 258 g/mol. The Balaban J connectivity index is 2.03. The molecule has 0 amide bonds. The SMILES string of the molecule is CC1CCN(c2nc3c(cc2C(=N)N)CCCC3)C1. The second kappa shape index (κ2) is 4.83. The minimum atomic E-state index is 0.149. The van der Waals surface area contributed by atoms with Crippen LogP contribution in [0.2, 0.25) is 0 Å². The highest BCUT2D eigenvalue weighted by Crippen LogP contribution is 2.29. The third kappa shape index (κ3) is 2.31. The van der Waals surface area contributed by atoms with Gasteiger partial charge >= 0.3 is 0 Å². The van der Waals surface area contributed by atoms with E-state index in [1.807, 2.05) is 0 Å². The smallest absolute Gasteiger partial charge is 0.139 e. The molecule has 0 bridgehead atoms. The first kappa shape index (κ1) is 12.5. The normalized spacial score (nSPS) is 22.4. The molecule has 1 unspecified atom stereocenters. The maximum absolute atomic E-state index is 7.82. The number of amidine groups is 1. The second-order valence-electron chi connectivity index (χ2n) is 5.93. The van der Waals surface area contributed by atoms with Crippen LogP contribution in [0.4, 0.5) is 5.82 Å². The molecule has 0 spiro atoms. The van der Waals surface area contributed by atoms with Crippen molar-refractivity contribution in [2.45, 2.75) is 39.0 Å². The summed E-state index contributed by atoms with van der Waals surface area (Å²) < 4.78 is 0. The molecule has 1 aromatic heterocycles. The Kier molecular flexibility index (Phi) is 3.17. The van der Waals surface area contributed by atoms with Gasteiger partial charge in [0.1, 0.15) is 11.7 Å². The summed E-state index contributed by atoms with van der Waals surface area (Å²) in [6.45, 7) is 4.34. The molecule has 19 heavy (non-hydrogen) atoms. The van der Waals surface area contributed by atoms with Crippen molar-refractivity contribution in [2.75, 3.05) is 18.0 Å².